The van der Waals surface area contributed by atoms with Gasteiger partial charge in [-0.05, 0) is 32.3 Å². The highest BCUT2D eigenvalue weighted by molar-refractivity contribution is 5.99. The van der Waals surface area contributed by atoms with Gasteiger partial charge in [-0.15, -0.1) is 0 Å². The van der Waals surface area contributed by atoms with Gasteiger partial charge < -0.3 is 20.1 Å². The number of rotatable bonds is 3. The maximum absolute atomic E-state index is 12.7. The number of hydrogen-bond acceptors (Lipinski definition) is 4. The zero-order valence-corrected chi connectivity index (χ0v) is 12.3. The second-order valence-corrected chi connectivity index (χ2v) is 5.15. The van der Waals surface area contributed by atoms with E-state index in [1.165, 1.54) is 20.6 Å². The number of amides is 1. The number of methoxy groups -OCH3 is 2. The van der Waals surface area contributed by atoms with E-state index in [0.29, 0.717) is 22.7 Å². The third kappa shape index (κ3) is 2.66. The number of ether oxygens (including phenoxy) is 2. The van der Waals surface area contributed by atoms with Gasteiger partial charge >= 0.3 is 0 Å². The van der Waals surface area contributed by atoms with Crippen LogP contribution in [-0.2, 0) is 0 Å². The van der Waals surface area contributed by atoms with E-state index >= 15 is 0 Å². The topological polar surface area (TPSA) is 64.8 Å². The summed E-state index contributed by atoms with van der Waals surface area (Å²) >= 11 is 0. The fourth-order valence-corrected chi connectivity index (χ4v) is 2.70. The normalized spacial score (nSPS) is 18.8. The predicted octanol–water partition coefficient (Wildman–Crippen LogP) is 2.30. The first-order valence-corrected chi connectivity index (χ1v) is 6.91. The van der Waals surface area contributed by atoms with Crippen molar-refractivity contribution >= 4 is 11.6 Å². The van der Waals surface area contributed by atoms with Crippen LogP contribution < -0.4 is 15.2 Å². The lowest BCUT2D eigenvalue weighted by molar-refractivity contribution is 0.0631. The molecule has 1 atom stereocenters. The average molecular weight is 278 g/mol. The van der Waals surface area contributed by atoms with Crippen LogP contribution in [0, 0.1) is 0 Å². The van der Waals surface area contributed by atoms with Gasteiger partial charge in [0.15, 0.2) is 11.5 Å². The Balaban J connectivity index is 2.40. The summed E-state index contributed by atoms with van der Waals surface area (Å²) in [5.41, 5.74) is 6.82. The Hall–Kier alpha value is -1.91. The molecule has 0 bridgehead atoms. The van der Waals surface area contributed by atoms with E-state index in [0.717, 1.165) is 19.4 Å². The van der Waals surface area contributed by atoms with Crippen LogP contribution >= 0.6 is 0 Å². The van der Waals surface area contributed by atoms with Crippen LogP contribution in [0.4, 0.5) is 5.69 Å². The monoisotopic (exact) mass is 278 g/mol. The van der Waals surface area contributed by atoms with E-state index in [1.54, 1.807) is 12.1 Å². The Kier molecular flexibility index (Phi) is 4.37. The van der Waals surface area contributed by atoms with Crippen molar-refractivity contribution in [3.8, 4) is 11.5 Å². The third-order valence-corrected chi connectivity index (χ3v) is 3.80. The van der Waals surface area contributed by atoms with Crippen molar-refractivity contribution in [1.82, 2.24) is 4.90 Å². The summed E-state index contributed by atoms with van der Waals surface area (Å²) < 4.78 is 10.6. The van der Waals surface area contributed by atoms with Crippen molar-refractivity contribution in [3.05, 3.63) is 17.7 Å². The summed E-state index contributed by atoms with van der Waals surface area (Å²) in [5.74, 6) is 0.893. The van der Waals surface area contributed by atoms with Gasteiger partial charge in [-0.2, -0.15) is 0 Å². The molecule has 1 aromatic rings. The Morgan fingerprint density at radius 2 is 2.05 bits per heavy atom. The molecule has 1 unspecified atom stereocenters. The third-order valence-electron chi connectivity index (χ3n) is 3.80. The van der Waals surface area contributed by atoms with Crippen LogP contribution in [0.3, 0.4) is 0 Å². The van der Waals surface area contributed by atoms with Crippen molar-refractivity contribution in [1.29, 1.82) is 0 Å². The van der Waals surface area contributed by atoms with Crippen LogP contribution in [0.15, 0.2) is 12.1 Å². The molecule has 1 aromatic carbocycles. The molecule has 0 aliphatic carbocycles. The predicted molar refractivity (Wildman–Crippen MR) is 78.3 cm³/mol. The minimum atomic E-state index is -0.0420. The highest BCUT2D eigenvalue weighted by Crippen LogP contribution is 2.35. The minimum Gasteiger partial charge on any atom is -0.493 e. The zero-order valence-electron chi connectivity index (χ0n) is 12.3. The Bertz CT molecular complexity index is 502. The standard InChI is InChI=1S/C15H22N2O3/c1-10-6-4-5-7-17(10)15(18)12-8-11(16)9-13(19-2)14(12)20-3/h8-10H,4-7,16H2,1-3H3. The Morgan fingerprint density at radius 3 is 2.65 bits per heavy atom. The second-order valence-electron chi connectivity index (χ2n) is 5.15. The molecule has 20 heavy (non-hydrogen) atoms. The molecule has 2 rings (SSSR count). The van der Waals surface area contributed by atoms with Gasteiger partial charge in [-0.25, -0.2) is 0 Å². The molecule has 1 amide bonds. The molecule has 1 aliphatic heterocycles. The molecule has 0 aromatic heterocycles. The van der Waals surface area contributed by atoms with E-state index < -0.39 is 0 Å². The molecule has 110 valence electrons. The van der Waals surface area contributed by atoms with Gasteiger partial charge in [0.05, 0.1) is 19.8 Å². The van der Waals surface area contributed by atoms with Gasteiger partial charge in [-0.3, -0.25) is 4.79 Å². The Morgan fingerprint density at radius 1 is 1.30 bits per heavy atom. The summed E-state index contributed by atoms with van der Waals surface area (Å²) in [6.45, 7) is 2.85. The fraction of sp³-hybridized carbons (Fsp3) is 0.533. The molecule has 1 fully saturated rings. The number of nitrogen functional groups attached to an aromatic ring is 1. The molecule has 1 aliphatic rings. The maximum Gasteiger partial charge on any atom is 0.258 e. The van der Waals surface area contributed by atoms with E-state index in [4.69, 9.17) is 15.2 Å². The van der Waals surface area contributed by atoms with E-state index in [1.807, 2.05) is 4.90 Å². The van der Waals surface area contributed by atoms with Gasteiger partial charge in [-0.1, -0.05) is 0 Å². The number of nitrogens with zero attached hydrogens (tertiary/aromatic N) is 1. The molecule has 0 radical (unpaired) electrons. The highest BCUT2D eigenvalue weighted by Gasteiger charge is 2.27. The lowest BCUT2D eigenvalue weighted by atomic mass is 10.0. The van der Waals surface area contributed by atoms with Crippen LogP contribution in [0.2, 0.25) is 0 Å². The smallest absolute Gasteiger partial charge is 0.258 e. The summed E-state index contributed by atoms with van der Waals surface area (Å²) in [7, 11) is 3.07. The van der Waals surface area contributed by atoms with E-state index in [-0.39, 0.29) is 11.9 Å². The number of benzene rings is 1. The number of hydrogen-bond donors (Lipinski definition) is 1. The van der Waals surface area contributed by atoms with E-state index in [2.05, 4.69) is 6.92 Å². The first-order chi connectivity index (χ1) is 9.58. The van der Waals surface area contributed by atoms with Gasteiger partial charge in [0.1, 0.15) is 0 Å². The van der Waals surface area contributed by atoms with Crippen LogP contribution in [0.25, 0.3) is 0 Å². The first kappa shape index (κ1) is 14.5. The lowest BCUT2D eigenvalue weighted by Crippen LogP contribution is -2.42. The molecular weight excluding hydrogens is 256 g/mol. The van der Waals surface area contributed by atoms with Crippen molar-refractivity contribution in [2.24, 2.45) is 0 Å². The molecule has 1 heterocycles. The molecular formula is C15H22N2O3. The molecule has 0 saturated carbocycles. The molecule has 5 heteroatoms. The van der Waals surface area contributed by atoms with Crippen LogP contribution in [0.5, 0.6) is 11.5 Å². The van der Waals surface area contributed by atoms with Crippen LogP contribution in [-0.4, -0.2) is 37.6 Å². The minimum absolute atomic E-state index is 0.0420. The first-order valence-electron chi connectivity index (χ1n) is 6.91. The molecule has 0 spiro atoms. The summed E-state index contributed by atoms with van der Waals surface area (Å²) in [6.07, 6.45) is 3.24. The van der Waals surface area contributed by atoms with Crippen molar-refractivity contribution < 1.29 is 14.3 Å². The van der Waals surface area contributed by atoms with E-state index in [9.17, 15) is 4.79 Å². The summed E-state index contributed by atoms with van der Waals surface area (Å²) in [5, 5.41) is 0. The van der Waals surface area contributed by atoms with Crippen molar-refractivity contribution in [3.63, 3.8) is 0 Å². The van der Waals surface area contributed by atoms with Gasteiger partial charge in [0.2, 0.25) is 0 Å². The maximum atomic E-state index is 12.7. The SMILES string of the molecule is COc1cc(N)cc(C(=O)N2CCCCC2C)c1OC. The van der Waals surface area contributed by atoms with Crippen LogP contribution in [0.1, 0.15) is 36.5 Å². The number of anilines is 1. The molecule has 2 N–H and O–H groups in total. The number of nitrogens with two attached hydrogens (primary N) is 1. The van der Waals surface area contributed by atoms with Crippen molar-refractivity contribution in [2.45, 2.75) is 32.2 Å². The number of likely N-dealkylation sites (tertiary alicyclic amines) is 1. The van der Waals surface area contributed by atoms with Gasteiger partial charge in [0.25, 0.3) is 5.91 Å². The largest absolute Gasteiger partial charge is 0.493 e. The zero-order chi connectivity index (χ0) is 14.7. The summed E-state index contributed by atoms with van der Waals surface area (Å²) in [6, 6.07) is 3.56. The fourth-order valence-electron chi connectivity index (χ4n) is 2.70. The number of piperidine rings is 1. The van der Waals surface area contributed by atoms with Crippen molar-refractivity contribution in [2.75, 3.05) is 26.5 Å². The quantitative estimate of drug-likeness (QED) is 0.862. The highest BCUT2D eigenvalue weighted by atomic mass is 16.5. The lowest BCUT2D eigenvalue weighted by Gasteiger charge is -2.34. The number of carbonyl (C=O) groups is 1. The Labute approximate surface area is 119 Å². The van der Waals surface area contributed by atoms with Gasteiger partial charge in [0, 0.05) is 24.3 Å². The molecule has 5 nitrogen and oxygen atoms in total. The number of carbonyl (C=O) groups excluding carboxylic acids is 1. The average Bonchev–Trinajstić information content (AvgIpc) is 2.46. The summed E-state index contributed by atoms with van der Waals surface area (Å²) in [4.78, 5) is 14.6. The molecule has 1 saturated heterocycles. The second kappa shape index (κ2) is 6.03.